The number of hydrogen-bond donors (Lipinski definition) is 0. The topological polar surface area (TPSA) is 26.3 Å². The van der Waals surface area contributed by atoms with Gasteiger partial charge >= 0.3 is 0 Å². The number of terminal acetylenes is 2. The Morgan fingerprint density at radius 3 is 2.57 bits per heavy atom. The lowest BCUT2D eigenvalue weighted by Crippen LogP contribution is -1.78. The van der Waals surface area contributed by atoms with Gasteiger partial charge in [-0.1, -0.05) is 11.8 Å². The van der Waals surface area contributed by atoms with E-state index in [0.717, 1.165) is 0 Å². The van der Waals surface area contributed by atoms with E-state index >= 15 is 0 Å². The van der Waals surface area contributed by atoms with E-state index in [2.05, 4.69) is 11.8 Å². The van der Waals surface area contributed by atoms with E-state index in [4.69, 9.17) is 21.7 Å². The Kier molecular flexibility index (Phi) is 1.89. The molecule has 2 aromatic heterocycles. The van der Waals surface area contributed by atoms with Crippen LogP contribution >= 0.6 is 0 Å². The first-order chi connectivity index (χ1) is 6.86. The first kappa shape index (κ1) is 8.29. The molecule has 0 radical (unpaired) electrons. The van der Waals surface area contributed by atoms with Crippen LogP contribution in [0.15, 0.2) is 33.5 Å². The Hall–Kier alpha value is -2.32. The van der Waals surface area contributed by atoms with Gasteiger partial charge in [-0.25, -0.2) is 0 Å². The molecular formula is C12H6O2. The second-order valence-corrected chi connectivity index (χ2v) is 2.62. The molecule has 2 heterocycles. The van der Waals surface area contributed by atoms with Crippen LogP contribution in [0.1, 0.15) is 11.1 Å². The minimum absolute atomic E-state index is 0.505. The Morgan fingerprint density at radius 2 is 2.00 bits per heavy atom. The molecule has 0 fully saturated rings. The van der Waals surface area contributed by atoms with Crippen LogP contribution in [0.5, 0.6) is 0 Å². The van der Waals surface area contributed by atoms with Crippen molar-refractivity contribution in [2.75, 3.05) is 0 Å². The van der Waals surface area contributed by atoms with E-state index in [1.165, 1.54) is 6.26 Å². The van der Waals surface area contributed by atoms with Crippen molar-refractivity contribution in [3.05, 3.63) is 35.8 Å². The van der Waals surface area contributed by atoms with Gasteiger partial charge in [0.05, 0.1) is 17.4 Å². The molecule has 66 valence electrons. The molecule has 0 amide bonds. The molecule has 0 bridgehead atoms. The van der Waals surface area contributed by atoms with Crippen LogP contribution in [-0.2, 0) is 0 Å². The summed E-state index contributed by atoms with van der Waals surface area (Å²) in [5.74, 6) is 6.03. The number of rotatable bonds is 1. The summed E-state index contributed by atoms with van der Waals surface area (Å²) in [7, 11) is 0. The van der Waals surface area contributed by atoms with Crippen LogP contribution in [0.3, 0.4) is 0 Å². The summed E-state index contributed by atoms with van der Waals surface area (Å²) in [5, 5.41) is 0. The number of hydrogen-bond acceptors (Lipinski definition) is 2. The lowest BCUT2D eigenvalue weighted by Gasteiger charge is -1.91. The van der Waals surface area contributed by atoms with Crippen LogP contribution in [0.2, 0.25) is 0 Å². The van der Waals surface area contributed by atoms with Gasteiger partial charge in [-0.15, -0.1) is 12.8 Å². The summed E-state index contributed by atoms with van der Waals surface area (Å²) >= 11 is 0. The Labute approximate surface area is 81.5 Å². The second-order valence-electron chi connectivity index (χ2n) is 2.62. The van der Waals surface area contributed by atoms with Gasteiger partial charge in [-0.3, -0.25) is 0 Å². The van der Waals surface area contributed by atoms with Crippen LogP contribution in [0.25, 0.3) is 11.5 Å². The van der Waals surface area contributed by atoms with Gasteiger partial charge in [0, 0.05) is 0 Å². The molecule has 0 aliphatic heterocycles. The molecule has 2 rings (SSSR count). The fraction of sp³-hybridized carbons (Fsp3) is 0. The standard InChI is InChI=1S/C12H6O2/c1-3-9-8-14-12(10(9)4-2)11-6-5-7-13-11/h1-2,5-8H. The maximum atomic E-state index is 5.33. The second kappa shape index (κ2) is 3.20. The van der Waals surface area contributed by atoms with E-state index in [1.807, 2.05) is 0 Å². The van der Waals surface area contributed by atoms with E-state index in [9.17, 15) is 0 Å². The van der Waals surface area contributed by atoms with Crippen LogP contribution in [0, 0.1) is 24.7 Å². The number of furan rings is 2. The van der Waals surface area contributed by atoms with Crippen molar-refractivity contribution in [1.82, 2.24) is 0 Å². The van der Waals surface area contributed by atoms with Crippen molar-refractivity contribution >= 4 is 0 Å². The molecule has 2 heteroatoms. The molecule has 0 unspecified atom stereocenters. The van der Waals surface area contributed by atoms with Gasteiger partial charge in [0.2, 0.25) is 0 Å². The Morgan fingerprint density at radius 1 is 1.14 bits per heavy atom. The average molecular weight is 182 g/mol. The molecule has 2 aromatic rings. The van der Waals surface area contributed by atoms with Gasteiger partial charge < -0.3 is 8.83 Å². The third-order valence-corrected chi connectivity index (χ3v) is 1.84. The summed E-state index contributed by atoms with van der Waals surface area (Å²) in [6, 6.07) is 3.52. The molecular weight excluding hydrogens is 176 g/mol. The largest absolute Gasteiger partial charge is 0.461 e. The minimum Gasteiger partial charge on any atom is -0.461 e. The Balaban J connectivity index is 2.63. The van der Waals surface area contributed by atoms with Crippen molar-refractivity contribution in [2.24, 2.45) is 0 Å². The van der Waals surface area contributed by atoms with Crippen LogP contribution in [0.4, 0.5) is 0 Å². The fourth-order valence-electron chi connectivity index (χ4n) is 1.20. The highest BCUT2D eigenvalue weighted by Crippen LogP contribution is 2.27. The summed E-state index contributed by atoms with van der Waals surface area (Å²) in [5.41, 5.74) is 1.13. The van der Waals surface area contributed by atoms with E-state index in [0.29, 0.717) is 22.6 Å². The van der Waals surface area contributed by atoms with Gasteiger partial charge in [-0.05, 0) is 12.1 Å². The van der Waals surface area contributed by atoms with Gasteiger partial charge in [0.1, 0.15) is 6.26 Å². The molecule has 0 aliphatic rings. The normalized spacial score (nSPS) is 9.29. The third-order valence-electron chi connectivity index (χ3n) is 1.84. The van der Waals surface area contributed by atoms with Crippen molar-refractivity contribution in [1.29, 1.82) is 0 Å². The quantitative estimate of drug-likeness (QED) is 0.633. The summed E-state index contributed by atoms with van der Waals surface area (Å²) in [6.07, 6.45) is 13.6. The predicted octanol–water partition coefficient (Wildman–Crippen LogP) is 2.50. The third kappa shape index (κ3) is 1.11. The van der Waals surface area contributed by atoms with Crippen LogP contribution < -0.4 is 0 Å². The van der Waals surface area contributed by atoms with Crippen molar-refractivity contribution in [2.45, 2.75) is 0 Å². The van der Waals surface area contributed by atoms with E-state index < -0.39 is 0 Å². The first-order valence-electron chi connectivity index (χ1n) is 3.95. The maximum absolute atomic E-state index is 5.33. The van der Waals surface area contributed by atoms with Crippen molar-refractivity contribution in [3.63, 3.8) is 0 Å². The lowest BCUT2D eigenvalue weighted by atomic mass is 10.1. The highest BCUT2D eigenvalue weighted by Gasteiger charge is 2.14. The highest BCUT2D eigenvalue weighted by atomic mass is 16.4. The minimum atomic E-state index is 0.505. The maximum Gasteiger partial charge on any atom is 0.186 e. The zero-order valence-corrected chi connectivity index (χ0v) is 7.28. The van der Waals surface area contributed by atoms with E-state index in [-0.39, 0.29) is 0 Å². The molecule has 0 N–H and O–H groups in total. The van der Waals surface area contributed by atoms with Crippen LogP contribution in [-0.4, -0.2) is 0 Å². The molecule has 0 saturated carbocycles. The lowest BCUT2D eigenvalue weighted by molar-refractivity contribution is 0.524. The van der Waals surface area contributed by atoms with Crippen molar-refractivity contribution < 1.29 is 8.83 Å². The van der Waals surface area contributed by atoms with Gasteiger partial charge in [0.25, 0.3) is 0 Å². The van der Waals surface area contributed by atoms with E-state index in [1.54, 1.807) is 18.4 Å². The summed E-state index contributed by atoms with van der Waals surface area (Å²) in [6.45, 7) is 0. The van der Waals surface area contributed by atoms with Gasteiger partial charge in [-0.2, -0.15) is 0 Å². The molecule has 0 aromatic carbocycles. The molecule has 0 aliphatic carbocycles. The highest BCUT2D eigenvalue weighted by molar-refractivity contribution is 5.66. The smallest absolute Gasteiger partial charge is 0.186 e. The molecule has 0 atom stereocenters. The summed E-state index contributed by atoms with van der Waals surface area (Å²) in [4.78, 5) is 0. The molecule has 0 saturated heterocycles. The zero-order chi connectivity index (χ0) is 9.97. The first-order valence-corrected chi connectivity index (χ1v) is 3.95. The monoisotopic (exact) mass is 182 g/mol. The van der Waals surface area contributed by atoms with Crippen molar-refractivity contribution in [3.8, 4) is 36.2 Å². The Bertz CT molecular complexity index is 516. The molecule has 14 heavy (non-hydrogen) atoms. The van der Waals surface area contributed by atoms with Gasteiger partial charge in [0.15, 0.2) is 11.5 Å². The molecule has 0 spiro atoms. The summed E-state index contributed by atoms with van der Waals surface area (Å²) < 4.78 is 10.4. The SMILES string of the molecule is C#Cc1coc(-c2ccco2)c1C#C. The zero-order valence-electron chi connectivity index (χ0n) is 7.28. The molecule has 2 nitrogen and oxygen atoms in total. The average Bonchev–Trinajstić information content (AvgIpc) is 2.85. The fourth-order valence-corrected chi connectivity index (χ4v) is 1.20. The predicted molar refractivity (Wildman–Crippen MR) is 52.3 cm³/mol.